The summed E-state index contributed by atoms with van der Waals surface area (Å²) in [4.78, 5) is 11.9. The summed E-state index contributed by atoms with van der Waals surface area (Å²) < 4.78 is 28.9. The first-order valence-electron chi connectivity index (χ1n) is 6.44. The van der Waals surface area contributed by atoms with Gasteiger partial charge in [0.05, 0.1) is 22.7 Å². The van der Waals surface area contributed by atoms with Crippen molar-refractivity contribution in [3.63, 3.8) is 0 Å². The van der Waals surface area contributed by atoms with E-state index in [0.717, 1.165) is 0 Å². The first-order chi connectivity index (χ1) is 9.13. The Hall–Kier alpha value is -1.56. The molecule has 0 saturated heterocycles. The number of anilines is 1. The van der Waals surface area contributed by atoms with Crippen LogP contribution in [0.2, 0.25) is 0 Å². The maximum atomic E-state index is 11.9. The lowest BCUT2D eigenvalue weighted by Gasteiger charge is -2.12. The van der Waals surface area contributed by atoms with E-state index in [-0.39, 0.29) is 23.1 Å². The highest BCUT2D eigenvalue weighted by Gasteiger charge is 2.19. The van der Waals surface area contributed by atoms with Crippen molar-refractivity contribution in [2.45, 2.75) is 44.8 Å². The van der Waals surface area contributed by atoms with E-state index in [0.29, 0.717) is 5.56 Å². The zero-order valence-corrected chi connectivity index (χ0v) is 13.0. The van der Waals surface area contributed by atoms with Crippen LogP contribution in [0.4, 0.5) is 5.69 Å². The molecular weight excluding hydrogens is 278 g/mol. The van der Waals surface area contributed by atoms with E-state index in [1.807, 2.05) is 0 Å². The molecule has 0 amide bonds. The number of benzene rings is 1. The summed E-state index contributed by atoms with van der Waals surface area (Å²) in [6.07, 6.45) is -0.259. The number of carbonyl (C=O) groups excluding carboxylic acids is 1. The van der Waals surface area contributed by atoms with Crippen molar-refractivity contribution in [1.29, 1.82) is 0 Å². The summed E-state index contributed by atoms with van der Waals surface area (Å²) >= 11 is 0. The smallest absolute Gasteiger partial charge is 0.340 e. The standard InChI is InChI=1S/C14H21NO4S/c1-9(2)19-14(16)12-7-11(5-6-13(12)15)8-20(17,18)10(3)4/h5-7,9-10H,8,15H2,1-4H3. The van der Waals surface area contributed by atoms with Crippen LogP contribution in [-0.4, -0.2) is 25.7 Å². The molecule has 20 heavy (non-hydrogen) atoms. The Bertz CT molecular complexity index is 591. The predicted octanol–water partition coefficient (Wildman–Crippen LogP) is 2.16. The van der Waals surface area contributed by atoms with Crippen LogP contribution in [-0.2, 0) is 20.3 Å². The van der Waals surface area contributed by atoms with Gasteiger partial charge in [0.25, 0.3) is 0 Å². The molecule has 5 nitrogen and oxygen atoms in total. The first-order valence-corrected chi connectivity index (χ1v) is 8.16. The summed E-state index contributed by atoms with van der Waals surface area (Å²) in [5, 5.41) is -0.467. The summed E-state index contributed by atoms with van der Waals surface area (Å²) in [5.41, 5.74) is 6.75. The lowest BCUT2D eigenvalue weighted by molar-refractivity contribution is 0.0379. The van der Waals surface area contributed by atoms with E-state index in [9.17, 15) is 13.2 Å². The van der Waals surface area contributed by atoms with Gasteiger partial charge in [0.2, 0.25) is 0 Å². The monoisotopic (exact) mass is 299 g/mol. The van der Waals surface area contributed by atoms with Crippen LogP contribution in [0, 0.1) is 0 Å². The van der Waals surface area contributed by atoms with Gasteiger partial charge in [-0.05, 0) is 45.4 Å². The first kappa shape index (κ1) is 16.5. The highest BCUT2D eigenvalue weighted by Crippen LogP contribution is 2.19. The number of esters is 1. The van der Waals surface area contributed by atoms with Gasteiger partial charge in [-0.1, -0.05) is 6.07 Å². The number of nitrogens with two attached hydrogens (primary N) is 1. The molecule has 1 aromatic rings. The molecule has 0 spiro atoms. The minimum atomic E-state index is -3.22. The molecule has 0 heterocycles. The highest BCUT2D eigenvalue weighted by molar-refractivity contribution is 7.91. The fourth-order valence-electron chi connectivity index (χ4n) is 1.55. The SMILES string of the molecule is CC(C)OC(=O)c1cc(CS(=O)(=O)C(C)C)ccc1N. The molecule has 0 aliphatic rings. The number of rotatable bonds is 5. The molecule has 0 atom stereocenters. The van der Waals surface area contributed by atoms with E-state index < -0.39 is 21.1 Å². The van der Waals surface area contributed by atoms with E-state index in [2.05, 4.69) is 0 Å². The summed E-state index contributed by atoms with van der Waals surface area (Å²) in [5.74, 6) is -0.659. The average molecular weight is 299 g/mol. The number of carbonyl (C=O) groups is 1. The van der Waals surface area contributed by atoms with Crippen LogP contribution in [0.15, 0.2) is 18.2 Å². The lowest BCUT2D eigenvalue weighted by atomic mass is 10.1. The van der Waals surface area contributed by atoms with Crippen molar-refractivity contribution in [3.8, 4) is 0 Å². The van der Waals surface area contributed by atoms with Crippen LogP contribution >= 0.6 is 0 Å². The fourth-order valence-corrected chi connectivity index (χ4v) is 2.52. The number of hydrogen-bond acceptors (Lipinski definition) is 5. The second kappa shape index (κ2) is 6.26. The number of nitrogen functional groups attached to an aromatic ring is 1. The van der Waals surface area contributed by atoms with Crippen molar-refractivity contribution in [1.82, 2.24) is 0 Å². The number of ether oxygens (including phenoxy) is 1. The topological polar surface area (TPSA) is 86.5 Å². The van der Waals surface area contributed by atoms with E-state index >= 15 is 0 Å². The minimum absolute atomic E-state index is 0.118. The fraction of sp³-hybridized carbons (Fsp3) is 0.500. The van der Waals surface area contributed by atoms with Gasteiger partial charge >= 0.3 is 5.97 Å². The van der Waals surface area contributed by atoms with Crippen molar-refractivity contribution in [2.75, 3.05) is 5.73 Å². The van der Waals surface area contributed by atoms with Gasteiger partial charge < -0.3 is 10.5 Å². The van der Waals surface area contributed by atoms with Gasteiger partial charge in [-0.25, -0.2) is 13.2 Å². The molecule has 1 aromatic carbocycles. The number of sulfone groups is 1. The Morgan fingerprint density at radius 2 is 1.85 bits per heavy atom. The van der Waals surface area contributed by atoms with Crippen LogP contribution in [0.3, 0.4) is 0 Å². The molecule has 0 fully saturated rings. The molecule has 0 unspecified atom stereocenters. The van der Waals surface area contributed by atoms with Crippen molar-refractivity contribution in [3.05, 3.63) is 29.3 Å². The quantitative estimate of drug-likeness (QED) is 0.665. The molecule has 0 radical (unpaired) electrons. The Morgan fingerprint density at radius 1 is 1.25 bits per heavy atom. The third-order valence-electron chi connectivity index (χ3n) is 2.77. The van der Waals surface area contributed by atoms with Crippen LogP contribution in [0.5, 0.6) is 0 Å². The van der Waals surface area contributed by atoms with Crippen LogP contribution in [0.1, 0.15) is 43.6 Å². The van der Waals surface area contributed by atoms with Gasteiger partial charge in [-0.2, -0.15) is 0 Å². The molecular formula is C14H21NO4S. The molecule has 1 rings (SSSR count). The zero-order chi connectivity index (χ0) is 15.5. The van der Waals surface area contributed by atoms with Crippen LogP contribution < -0.4 is 5.73 Å². The minimum Gasteiger partial charge on any atom is -0.459 e. The largest absolute Gasteiger partial charge is 0.459 e. The molecule has 6 heteroatoms. The van der Waals surface area contributed by atoms with Gasteiger partial charge in [-0.15, -0.1) is 0 Å². The van der Waals surface area contributed by atoms with Crippen molar-refractivity contribution < 1.29 is 17.9 Å². The average Bonchev–Trinajstić information content (AvgIpc) is 2.30. The Morgan fingerprint density at radius 3 is 2.35 bits per heavy atom. The highest BCUT2D eigenvalue weighted by atomic mass is 32.2. The summed E-state index contributed by atoms with van der Waals surface area (Å²) in [6, 6.07) is 4.63. The second-order valence-corrected chi connectivity index (χ2v) is 7.79. The normalized spacial score (nSPS) is 11.9. The summed E-state index contributed by atoms with van der Waals surface area (Å²) in [7, 11) is -3.22. The number of hydrogen-bond donors (Lipinski definition) is 1. The van der Waals surface area contributed by atoms with Gasteiger partial charge in [-0.3, -0.25) is 0 Å². The Kier molecular flexibility index (Phi) is 5.16. The molecule has 0 bridgehead atoms. The molecule has 112 valence electrons. The third kappa shape index (κ3) is 4.23. The summed E-state index contributed by atoms with van der Waals surface area (Å²) in [6.45, 7) is 6.73. The van der Waals surface area contributed by atoms with Crippen molar-refractivity contribution in [2.24, 2.45) is 0 Å². The van der Waals surface area contributed by atoms with E-state index in [1.165, 1.54) is 12.1 Å². The van der Waals surface area contributed by atoms with E-state index in [1.54, 1.807) is 33.8 Å². The molecule has 0 aliphatic heterocycles. The van der Waals surface area contributed by atoms with Crippen molar-refractivity contribution >= 4 is 21.5 Å². The maximum Gasteiger partial charge on any atom is 0.340 e. The van der Waals surface area contributed by atoms with Crippen LogP contribution in [0.25, 0.3) is 0 Å². The van der Waals surface area contributed by atoms with Gasteiger partial charge in [0, 0.05) is 5.69 Å². The molecule has 0 saturated carbocycles. The van der Waals surface area contributed by atoms with Gasteiger partial charge in [0.15, 0.2) is 9.84 Å². The Labute approximate surface area is 120 Å². The second-order valence-electron chi connectivity index (χ2n) is 5.23. The zero-order valence-electron chi connectivity index (χ0n) is 12.2. The maximum absolute atomic E-state index is 11.9. The molecule has 0 aliphatic carbocycles. The molecule has 2 N–H and O–H groups in total. The Balaban J connectivity index is 3.06. The van der Waals surface area contributed by atoms with E-state index in [4.69, 9.17) is 10.5 Å². The van der Waals surface area contributed by atoms with Gasteiger partial charge in [0.1, 0.15) is 0 Å². The third-order valence-corrected chi connectivity index (χ3v) is 4.94. The lowest BCUT2D eigenvalue weighted by Crippen LogP contribution is -2.17. The predicted molar refractivity (Wildman–Crippen MR) is 79.2 cm³/mol. The molecule has 0 aromatic heterocycles.